The number of benzene rings is 3. The molecule has 0 unspecified atom stereocenters. The molecule has 8 heteroatoms. The second kappa shape index (κ2) is 9.15. The normalized spacial score (nSPS) is 16.3. The summed E-state index contributed by atoms with van der Waals surface area (Å²) in [7, 11) is -2.32. The van der Waals surface area contributed by atoms with Gasteiger partial charge < -0.3 is 14.8 Å². The standard InChI is InChI=1S/C25H26N2O5S/c1-17-13-14-23-21(15-17)27(33(29,30)19-9-5-4-6-10-19)16-24(32-23)25(28)26-18(2)20-11-7-8-12-22(20)31-3/h4-15,18,24H,16H2,1-3H3,(H,26,28)/t18-,24+/m0/s1. The molecule has 4 rings (SSSR count). The second-order valence-corrected chi connectivity index (χ2v) is 9.76. The molecule has 0 fully saturated rings. The third-order valence-electron chi connectivity index (χ3n) is 5.57. The minimum absolute atomic E-state index is 0.141. The first kappa shape index (κ1) is 22.7. The van der Waals surface area contributed by atoms with Crippen LogP contribution in [0, 0.1) is 6.92 Å². The zero-order valence-corrected chi connectivity index (χ0v) is 19.5. The van der Waals surface area contributed by atoms with Gasteiger partial charge in [-0.15, -0.1) is 0 Å². The topological polar surface area (TPSA) is 84.9 Å². The number of para-hydroxylation sites is 1. The van der Waals surface area contributed by atoms with E-state index in [2.05, 4.69) is 5.32 Å². The fraction of sp³-hybridized carbons (Fsp3) is 0.240. The molecular formula is C25H26N2O5S. The van der Waals surface area contributed by atoms with E-state index in [1.54, 1.807) is 49.6 Å². The Hall–Kier alpha value is -3.52. The summed E-state index contributed by atoms with van der Waals surface area (Å²) >= 11 is 0. The SMILES string of the molecule is COc1ccccc1[C@H](C)NC(=O)[C@H]1CN(S(=O)(=O)c2ccccc2)c2cc(C)ccc2O1. The summed E-state index contributed by atoms with van der Waals surface area (Å²) in [5.74, 6) is 0.591. The van der Waals surface area contributed by atoms with Crippen molar-refractivity contribution >= 4 is 21.6 Å². The fourth-order valence-corrected chi connectivity index (χ4v) is 5.34. The van der Waals surface area contributed by atoms with Gasteiger partial charge in [0.2, 0.25) is 0 Å². The third-order valence-corrected chi connectivity index (χ3v) is 7.37. The van der Waals surface area contributed by atoms with Crippen molar-refractivity contribution in [1.82, 2.24) is 5.32 Å². The van der Waals surface area contributed by atoms with Gasteiger partial charge in [-0.2, -0.15) is 0 Å². The molecule has 0 saturated carbocycles. The lowest BCUT2D eigenvalue weighted by molar-refractivity contribution is -0.128. The number of fused-ring (bicyclic) bond motifs is 1. The Balaban J connectivity index is 1.64. The molecule has 2 atom stereocenters. The van der Waals surface area contributed by atoms with E-state index < -0.39 is 22.0 Å². The third kappa shape index (κ3) is 4.52. The van der Waals surface area contributed by atoms with Crippen molar-refractivity contribution in [3.05, 3.63) is 83.9 Å². The zero-order valence-electron chi connectivity index (χ0n) is 18.7. The number of anilines is 1. The van der Waals surface area contributed by atoms with Gasteiger partial charge in [0, 0.05) is 5.56 Å². The number of ether oxygens (including phenoxy) is 2. The van der Waals surface area contributed by atoms with Crippen LogP contribution in [0.15, 0.2) is 77.7 Å². The van der Waals surface area contributed by atoms with Crippen LogP contribution in [0.4, 0.5) is 5.69 Å². The molecule has 1 amide bonds. The molecule has 1 heterocycles. The van der Waals surface area contributed by atoms with Crippen LogP contribution in [0.5, 0.6) is 11.5 Å². The number of hydrogen-bond donors (Lipinski definition) is 1. The molecule has 0 saturated heterocycles. The molecule has 33 heavy (non-hydrogen) atoms. The summed E-state index contributed by atoms with van der Waals surface area (Å²) in [6.07, 6.45) is -1.02. The predicted molar refractivity (Wildman–Crippen MR) is 126 cm³/mol. The molecule has 3 aromatic rings. The lowest BCUT2D eigenvalue weighted by Crippen LogP contribution is -2.51. The van der Waals surface area contributed by atoms with Crippen LogP contribution in [0.25, 0.3) is 0 Å². The van der Waals surface area contributed by atoms with Crippen molar-refractivity contribution in [1.29, 1.82) is 0 Å². The van der Waals surface area contributed by atoms with E-state index in [0.717, 1.165) is 11.1 Å². The number of carbonyl (C=O) groups excluding carboxylic acids is 1. The highest BCUT2D eigenvalue weighted by molar-refractivity contribution is 7.92. The summed E-state index contributed by atoms with van der Waals surface area (Å²) in [4.78, 5) is 13.3. The van der Waals surface area contributed by atoms with E-state index in [1.165, 1.54) is 4.31 Å². The van der Waals surface area contributed by atoms with Crippen LogP contribution in [-0.4, -0.2) is 34.1 Å². The lowest BCUT2D eigenvalue weighted by atomic mass is 10.1. The first-order chi connectivity index (χ1) is 15.8. The summed E-state index contributed by atoms with van der Waals surface area (Å²) in [5, 5.41) is 2.93. The quantitative estimate of drug-likeness (QED) is 0.597. The van der Waals surface area contributed by atoms with Crippen LogP contribution in [0.3, 0.4) is 0 Å². The molecular weight excluding hydrogens is 440 g/mol. The Morgan fingerprint density at radius 2 is 1.79 bits per heavy atom. The molecule has 0 aliphatic carbocycles. The maximum absolute atomic E-state index is 13.5. The maximum atomic E-state index is 13.5. The van der Waals surface area contributed by atoms with Crippen molar-refractivity contribution in [3.63, 3.8) is 0 Å². The Morgan fingerprint density at radius 1 is 1.09 bits per heavy atom. The van der Waals surface area contributed by atoms with Crippen LogP contribution >= 0.6 is 0 Å². The molecule has 172 valence electrons. The smallest absolute Gasteiger partial charge is 0.264 e. The molecule has 1 aliphatic rings. The van der Waals surface area contributed by atoms with E-state index in [4.69, 9.17) is 9.47 Å². The summed E-state index contributed by atoms with van der Waals surface area (Å²) in [6.45, 7) is 3.58. The minimum atomic E-state index is -3.90. The summed E-state index contributed by atoms with van der Waals surface area (Å²) in [6, 6.07) is 20.5. The number of nitrogens with zero attached hydrogens (tertiary/aromatic N) is 1. The van der Waals surface area contributed by atoms with E-state index >= 15 is 0 Å². The fourth-order valence-electron chi connectivity index (χ4n) is 3.85. The lowest BCUT2D eigenvalue weighted by Gasteiger charge is -2.35. The highest BCUT2D eigenvalue weighted by Gasteiger charge is 2.38. The molecule has 0 radical (unpaired) electrons. The van der Waals surface area contributed by atoms with E-state index in [-0.39, 0.29) is 17.5 Å². The van der Waals surface area contributed by atoms with E-state index in [1.807, 2.05) is 44.2 Å². The van der Waals surface area contributed by atoms with Gasteiger partial charge in [0.25, 0.3) is 15.9 Å². The van der Waals surface area contributed by atoms with Crippen molar-refractivity contribution in [2.24, 2.45) is 0 Å². The monoisotopic (exact) mass is 466 g/mol. The number of methoxy groups -OCH3 is 1. The molecule has 0 bridgehead atoms. The van der Waals surface area contributed by atoms with Gasteiger partial charge >= 0.3 is 0 Å². The Kier molecular flexibility index (Phi) is 6.29. The van der Waals surface area contributed by atoms with Crippen molar-refractivity contribution in [2.45, 2.75) is 30.9 Å². The molecule has 7 nitrogen and oxygen atoms in total. The molecule has 0 spiro atoms. The predicted octanol–water partition coefficient (Wildman–Crippen LogP) is 3.84. The van der Waals surface area contributed by atoms with Gasteiger partial charge in [-0.05, 0) is 49.7 Å². The number of aryl methyl sites for hydroxylation is 1. The summed E-state index contributed by atoms with van der Waals surface area (Å²) in [5.41, 5.74) is 2.12. The number of carbonyl (C=O) groups is 1. The van der Waals surface area contributed by atoms with Gasteiger partial charge in [-0.1, -0.05) is 42.5 Å². The van der Waals surface area contributed by atoms with Gasteiger partial charge in [0.15, 0.2) is 6.10 Å². The first-order valence-electron chi connectivity index (χ1n) is 10.6. The van der Waals surface area contributed by atoms with Crippen LogP contribution < -0.4 is 19.1 Å². The second-order valence-electron chi connectivity index (χ2n) is 7.90. The van der Waals surface area contributed by atoms with Gasteiger partial charge in [0.1, 0.15) is 11.5 Å². The average molecular weight is 467 g/mol. The highest BCUT2D eigenvalue weighted by Crippen LogP contribution is 2.38. The number of rotatable bonds is 6. The number of sulfonamides is 1. The maximum Gasteiger partial charge on any atom is 0.264 e. The number of amides is 1. The first-order valence-corrected chi connectivity index (χ1v) is 12.0. The number of hydrogen-bond acceptors (Lipinski definition) is 5. The molecule has 1 N–H and O–H groups in total. The van der Waals surface area contributed by atoms with Gasteiger partial charge in [-0.25, -0.2) is 8.42 Å². The van der Waals surface area contributed by atoms with Gasteiger partial charge in [-0.3, -0.25) is 9.10 Å². The Morgan fingerprint density at radius 3 is 2.52 bits per heavy atom. The average Bonchev–Trinajstić information content (AvgIpc) is 2.83. The van der Waals surface area contributed by atoms with E-state index in [9.17, 15) is 13.2 Å². The Labute approximate surface area is 194 Å². The van der Waals surface area contributed by atoms with Crippen LogP contribution in [-0.2, 0) is 14.8 Å². The van der Waals surface area contributed by atoms with Crippen molar-refractivity contribution in [3.8, 4) is 11.5 Å². The van der Waals surface area contributed by atoms with E-state index in [0.29, 0.717) is 17.2 Å². The Bertz CT molecular complexity index is 1260. The molecule has 0 aromatic heterocycles. The van der Waals surface area contributed by atoms with Crippen LogP contribution in [0.2, 0.25) is 0 Å². The molecule has 1 aliphatic heterocycles. The van der Waals surface area contributed by atoms with Crippen molar-refractivity contribution in [2.75, 3.05) is 18.0 Å². The summed E-state index contributed by atoms with van der Waals surface area (Å²) < 4.78 is 39.6. The van der Waals surface area contributed by atoms with Crippen molar-refractivity contribution < 1.29 is 22.7 Å². The zero-order chi connectivity index (χ0) is 23.6. The minimum Gasteiger partial charge on any atom is -0.496 e. The van der Waals surface area contributed by atoms with Gasteiger partial charge in [0.05, 0.1) is 30.3 Å². The highest BCUT2D eigenvalue weighted by atomic mass is 32.2. The largest absolute Gasteiger partial charge is 0.496 e. The van der Waals surface area contributed by atoms with Crippen LogP contribution in [0.1, 0.15) is 24.1 Å². The number of nitrogens with one attached hydrogen (secondary N) is 1. The molecule has 3 aromatic carbocycles.